The maximum Gasteiger partial charge on any atom is 0.326 e. The Morgan fingerprint density at radius 2 is 1.43 bits per heavy atom. The predicted octanol–water partition coefficient (Wildman–Crippen LogP) is -2.91. The van der Waals surface area contributed by atoms with E-state index in [0.717, 1.165) is 0 Å². The Bertz CT molecular complexity index is 867. The highest BCUT2D eigenvalue weighted by Crippen LogP contribution is 2.05. The van der Waals surface area contributed by atoms with Gasteiger partial charge in [-0.25, -0.2) is 4.79 Å². The van der Waals surface area contributed by atoms with Crippen molar-refractivity contribution in [1.82, 2.24) is 16.0 Å². The zero-order chi connectivity index (χ0) is 26.4. The molecule has 0 aliphatic rings. The monoisotopic (exact) mass is 494 g/mol. The zero-order valence-corrected chi connectivity index (χ0v) is 19.3. The number of hydrogen-bond acceptors (Lipinski definition) is 8. The van der Waals surface area contributed by atoms with Crippen LogP contribution < -0.4 is 33.2 Å². The summed E-state index contributed by atoms with van der Waals surface area (Å²) >= 11 is 0. The van der Waals surface area contributed by atoms with Gasteiger partial charge in [-0.15, -0.1) is 0 Å². The van der Waals surface area contributed by atoms with Crippen molar-refractivity contribution in [3.8, 4) is 0 Å². The fourth-order valence-electron chi connectivity index (χ4n) is 3.14. The summed E-state index contributed by atoms with van der Waals surface area (Å²) < 4.78 is 0. The zero-order valence-electron chi connectivity index (χ0n) is 19.3. The highest BCUT2D eigenvalue weighted by Gasteiger charge is 2.30. The number of carbonyl (C=O) groups excluding carboxylic acids is 4. The Morgan fingerprint density at radius 1 is 0.857 bits per heavy atom. The molecular formula is C22H34N6O7. The number of carboxylic acids is 1. The molecule has 0 radical (unpaired) electrons. The molecule has 4 atom stereocenters. The van der Waals surface area contributed by atoms with E-state index in [2.05, 4.69) is 16.0 Å². The van der Waals surface area contributed by atoms with Crippen LogP contribution in [0.5, 0.6) is 0 Å². The average Bonchev–Trinajstić information content (AvgIpc) is 2.81. The molecular weight excluding hydrogens is 460 g/mol. The van der Waals surface area contributed by atoms with Gasteiger partial charge in [0.25, 0.3) is 0 Å². The summed E-state index contributed by atoms with van der Waals surface area (Å²) in [4.78, 5) is 60.3. The lowest BCUT2D eigenvalue weighted by Gasteiger charge is -2.24. The molecule has 0 spiro atoms. The maximum absolute atomic E-state index is 12.8. The van der Waals surface area contributed by atoms with Crippen LogP contribution in [0.3, 0.4) is 0 Å². The van der Waals surface area contributed by atoms with Crippen LogP contribution in [0.4, 0.5) is 0 Å². The summed E-state index contributed by atoms with van der Waals surface area (Å²) in [5.41, 5.74) is 16.8. The Morgan fingerprint density at radius 3 is 1.97 bits per heavy atom. The molecule has 13 heteroatoms. The first-order valence-electron chi connectivity index (χ1n) is 11.1. The van der Waals surface area contributed by atoms with Gasteiger partial charge in [0.15, 0.2) is 0 Å². The van der Waals surface area contributed by atoms with Crippen molar-refractivity contribution in [3.05, 3.63) is 35.9 Å². The molecule has 194 valence electrons. The molecule has 1 rings (SSSR count). The van der Waals surface area contributed by atoms with Crippen LogP contribution in [0.1, 0.15) is 31.2 Å². The lowest BCUT2D eigenvalue weighted by Crippen LogP contribution is -2.58. The van der Waals surface area contributed by atoms with Gasteiger partial charge in [-0.1, -0.05) is 30.3 Å². The van der Waals surface area contributed by atoms with Crippen LogP contribution in [-0.4, -0.2) is 77.1 Å². The number of amides is 4. The van der Waals surface area contributed by atoms with Crippen LogP contribution in [0.25, 0.3) is 0 Å². The van der Waals surface area contributed by atoms with Crippen molar-refractivity contribution in [3.63, 3.8) is 0 Å². The molecule has 0 fully saturated rings. The summed E-state index contributed by atoms with van der Waals surface area (Å²) in [6, 6.07) is 3.41. The number of carbonyl (C=O) groups is 5. The van der Waals surface area contributed by atoms with Gasteiger partial charge in [0, 0.05) is 6.42 Å². The number of hydrogen-bond donors (Lipinski definition) is 8. The van der Waals surface area contributed by atoms with Gasteiger partial charge >= 0.3 is 5.97 Å². The maximum atomic E-state index is 12.8. The lowest BCUT2D eigenvalue weighted by molar-refractivity contribution is -0.142. The summed E-state index contributed by atoms with van der Waals surface area (Å²) in [7, 11) is 0. The van der Waals surface area contributed by atoms with E-state index in [1.807, 2.05) is 0 Å². The van der Waals surface area contributed by atoms with Gasteiger partial charge in [-0.05, 0) is 31.4 Å². The Hall–Kier alpha value is -3.55. The highest BCUT2D eigenvalue weighted by atomic mass is 16.4. The molecule has 0 bridgehead atoms. The molecule has 11 N–H and O–H groups in total. The van der Waals surface area contributed by atoms with E-state index < -0.39 is 66.8 Å². The third kappa shape index (κ3) is 10.9. The molecule has 35 heavy (non-hydrogen) atoms. The third-order valence-electron chi connectivity index (χ3n) is 5.05. The highest BCUT2D eigenvalue weighted by molar-refractivity contribution is 5.95. The molecule has 0 aliphatic heterocycles. The summed E-state index contributed by atoms with van der Waals surface area (Å²) in [6.07, 6.45) is 0.709. The Labute approximate surface area is 202 Å². The number of benzene rings is 1. The minimum atomic E-state index is -1.48. The predicted molar refractivity (Wildman–Crippen MR) is 125 cm³/mol. The number of aliphatic hydroxyl groups is 1. The Balaban J connectivity index is 2.86. The number of rotatable bonds is 16. The van der Waals surface area contributed by atoms with Crippen molar-refractivity contribution in [2.24, 2.45) is 17.2 Å². The molecule has 0 heterocycles. The topological polar surface area (TPSA) is 240 Å². The van der Waals surface area contributed by atoms with E-state index in [0.29, 0.717) is 24.9 Å². The van der Waals surface area contributed by atoms with Crippen molar-refractivity contribution < 1.29 is 34.2 Å². The first-order valence-corrected chi connectivity index (χ1v) is 11.1. The number of aliphatic carboxylic acids is 1. The molecule has 13 nitrogen and oxygen atoms in total. The van der Waals surface area contributed by atoms with E-state index in [1.54, 1.807) is 30.3 Å². The molecule has 0 saturated heterocycles. The van der Waals surface area contributed by atoms with Gasteiger partial charge in [0.2, 0.25) is 23.6 Å². The lowest BCUT2D eigenvalue weighted by atomic mass is 10.1. The number of nitrogens with one attached hydrogen (secondary N) is 3. The standard InChI is InChI=1S/C22H34N6O7/c23-9-5-4-8-15(26-19(31)14(24)11-18(25)30)20(32)28-17(12-29)21(33)27-16(22(34)35)10-13-6-2-1-3-7-13/h1-3,6-7,14-17,29H,4-5,8-12,23-24H2,(H2,25,30)(H,26,31)(H,27,33)(H,28,32)(H,34,35). The normalized spacial score (nSPS) is 14.1. The van der Waals surface area contributed by atoms with E-state index in [9.17, 15) is 34.2 Å². The minimum Gasteiger partial charge on any atom is -0.480 e. The summed E-state index contributed by atoms with van der Waals surface area (Å²) in [5, 5.41) is 26.2. The number of primary amides is 1. The first-order chi connectivity index (χ1) is 16.6. The van der Waals surface area contributed by atoms with Crippen LogP contribution in [0, 0.1) is 0 Å². The van der Waals surface area contributed by atoms with Crippen molar-refractivity contribution in [2.45, 2.75) is 56.3 Å². The summed E-state index contributed by atoms with van der Waals surface area (Å²) in [5.74, 6) is -4.60. The van der Waals surface area contributed by atoms with Crippen LogP contribution >= 0.6 is 0 Å². The van der Waals surface area contributed by atoms with Crippen LogP contribution in [0.15, 0.2) is 30.3 Å². The minimum absolute atomic E-state index is 0.0104. The van der Waals surface area contributed by atoms with Crippen LogP contribution in [0.2, 0.25) is 0 Å². The van der Waals surface area contributed by atoms with E-state index in [4.69, 9.17) is 17.2 Å². The molecule has 4 amide bonds. The van der Waals surface area contributed by atoms with Crippen LogP contribution in [-0.2, 0) is 30.4 Å². The molecule has 1 aromatic rings. The fourth-order valence-corrected chi connectivity index (χ4v) is 3.14. The van der Waals surface area contributed by atoms with Gasteiger partial charge in [-0.3, -0.25) is 19.2 Å². The summed E-state index contributed by atoms with van der Waals surface area (Å²) in [6.45, 7) is -0.469. The Kier molecular flexibility index (Phi) is 12.9. The van der Waals surface area contributed by atoms with Gasteiger partial charge in [0.05, 0.1) is 19.1 Å². The van der Waals surface area contributed by atoms with E-state index in [-0.39, 0.29) is 12.8 Å². The number of aliphatic hydroxyl groups excluding tert-OH is 1. The second-order valence-corrected chi connectivity index (χ2v) is 7.96. The number of carboxylic acid groups (broad SMARTS) is 1. The largest absolute Gasteiger partial charge is 0.480 e. The van der Waals surface area contributed by atoms with Gasteiger partial charge in [0.1, 0.15) is 18.1 Å². The van der Waals surface area contributed by atoms with Crippen molar-refractivity contribution in [1.29, 1.82) is 0 Å². The first kappa shape index (κ1) is 29.5. The quantitative estimate of drug-likeness (QED) is 0.110. The molecule has 1 aromatic carbocycles. The second-order valence-electron chi connectivity index (χ2n) is 7.96. The van der Waals surface area contributed by atoms with Gasteiger partial charge < -0.3 is 43.4 Å². The average molecular weight is 495 g/mol. The molecule has 0 aliphatic carbocycles. The smallest absolute Gasteiger partial charge is 0.326 e. The van der Waals surface area contributed by atoms with Crippen molar-refractivity contribution in [2.75, 3.05) is 13.2 Å². The SMILES string of the molecule is NCCCCC(NC(=O)C(N)CC(N)=O)C(=O)NC(CO)C(=O)NC(Cc1ccccc1)C(=O)O. The molecule has 0 aromatic heterocycles. The second kappa shape index (κ2) is 15.4. The third-order valence-corrected chi connectivity index (χ3v) is 5.05. The molecule has 4 unspecified atom stereocenters. The molecule has 0 saturated carbocycles. The van der Waals surface area contributed by atoms with Gasteiger partial charge in [-0.2, -0.15) is 0 Å². The number of nitrogens with two attached hydrogens (primary N) is 3. The fraction of sp³-hybridized carbons (Fsp3) is 0.500. The van der Waals surface area contributed by atoms with E-state index >= 15 is 0 Å². The van der Waals surface area contributed by atoms with Crippen molar-refractivity contribution >= 4 is 29.6 Å². The van der Waals surface area contributed by atoms with E-state index in [1.165, 1.54) is 0 Å². The number of unbranched alkanes of at least 4 members (excludes halogenated alkanes) is 1.